The summed E-state index contributed by atoms with van der Waals surface area (Å²) in [4.78, 5) is 10.8. The number of amides is 1. The summed E-state index contributed by atoms with van der Waals surface area (Å²) in [5, 5.41) is 16.4. The van der Waals surface area contributed by atoms with E-state index in [2.05, 4.69) is 0 Å². The summed E-state index contributed by atoms with van der Waals surface area (Å²) in [5.74, 6) is -0.680. The van der Waals surface area contributed by atoms with Crippen LogP contribution in [0.2, 0.25) is 0 Å². The van der Waals surface area contributed by atoms with Crippen molar-refractivity contribution in [3.63, 3.8) is 0 Å². The number of hydroxylamine groups is 2. The summed E-state index contributed by atoms with van der Waals surface area (Å²) in [6.07, 6.45) is 1.52. The summed E-state index contributed by atoms with van der Waals surface area (Å²) >= 11 is 0. The molecule has 0 fully saturated rings. The molecule has 1 amide bonds. The van der Waals surface area contributed by atoms with E-state index in [0.29, 0.717) is 6.42 Å². The summed E-state index contributed by atoms with van der Waals surface area (Å²) in [6, 6.07) is 9.74. The zero-order valence-electron chi connectivity index (χ0n) is 7.76. The van der Waals surface area contributed by atoms with E-state index >= 15 is 0 Å². The maximum absolute atomic E-state index is 10.8. The van der Waals surface area contributed by atoms with Gasteiger partial charge in [0.1, 0.15) is 0 Å². The lowest BCUT2D eigenvalue weighted by Crippen LogP contribution is -2.22. The molecule has 0 unspecified atom stereocenters. The van der Waals surface area contributed by atoms with Crippen LogP contribution in [-0.2, 0) is 11.2 Å². The highest BCUT2D eigenvalue weighted by atomic mass is 16.8. The van der Waals surface area contributed by atoms with Crippen LogP contribution in [0.1, 0.15) is 18.4 Å². The Morgan fingerprint density at radius 2 is 1.86 bits per heavy atom. The molecule has 76 valence electrons. The SMILES string of the molecule is O=C(CCCc1ccccc1)N(O)O. The Morgan fingerprint density at radius 3 is 2.43 bits per heavy atom. The minimum absolute atomic E-state index is 0.141. The Labute approximate surface area is 82.3 Å². The lowest BCUT2D eigenvalue weighted by atomic mass is 10.1. The van der Waals surface area contributed by atoms with Gasteiger partial charge in [-0.3, -0.25) is 15.2 Å². The molecule has 0 aromatic heterocycles. The van der Waals surface area contributed by atoms with Gasteiger partial charge in [-0.2, -0.15) is 0 Å². The molecule has 1 aromatic rings. The van der Waals surface area contributed by atoms with Gasteiger partial charge in [-0.1, -0.05) is 35.6 Å². The summed E-state index contributed by atoms with van der Waals surface area (Å²) in [5.41, 5.74) is 1.14. The third-order valence-corrected chi connectivity index (χ3v) is 1.92. The van der Waals surface area contributed by atoms with Crippen molar-refractivity contribution in [2.45, 2.75) is 19.3 Å². The first kappa shape index (κ1) is 10.7. The first-order valence-electron chi connectivity index (χ1n) is 4.45. The molecule has 0 radical (unpaired) electrons. The average molecular weight is 195 g/mol. The van der Waals surface area contributed by atoms with Crippen LogP contribution in [0.5, 0.6) is 0 Å². The van der Waals surface area contributed by atoms with Crippen LogP contribution >= 0.6 is 0 Å². The quantitative estimate of drug-likeness (QED) is 0.567. The average Bonchev–Trinajstić information content (AvgIpc) is 2.19. The van der Waals surface area contributed by atoms with Gasteiger partial charge in [0.25, 0.3) is 5.91 Å². The maximum atomic E-state index is 10.8. The third-order valence-electron chi connectivity index (χ3n) is 1.92. The molecular weight excluding hydrogens is 182 g/mol. The first-order valence-corrected chi connectivity index (χ1v) is 4.45. The zero-order chi connectivity index (χ0) is 10.4. The molecule has 0 spiro atoms. The Kier molecular flexibility index (Phi) is 4.10. The molecule has 0 saturated heterocycles. The Bertz CT molecular complexity index is 285. The molecule has 0 bridgehead atoms. The second kappa shape index (κ2) is 5.36. The fourth-order valence-electron chi connectivity index (χ4n) is 1.19. The molecule has 0 heterocycles. The van der Waals surface area contributed by atoms with Gasteiger partial charge in [-0.25, -0.2) is 0 Å². The normalized spacial score (nSPS) is 9.86. The van der Waals surface area contributed by atoms with Gasteiger partial charge in [0.05, 0.1) is 0 Å². The minimum Gasteiger partial charge on any atom is -0.270 e. The molecule has 2 N–H and O–H groups in total. The molecular formula is C10H13NO3. The van der Waals surface area contributed by atoms with E-state index < -0.39 is 5.91 Å². The van der Waals surface area contributed by atoms with Crippen LogP contribution in [0.3, 0.4) is 0 Å². The number of nitrogens with zero attached hydrogens (tertiary/aromatic N) is 1. The first-order chi connectivity index (χ1) is 6.70. The van der Waals surface area contributed by atoms with Crippen molar-refractivity contribution in [1.29, 1.82) is 0 Å². The Balaban J connectivity index is 2.26. The largest absolute Gasteiger partial charge is 0.273 e. The van der Waals surface area contributed by atoms with Gasteiger partial charge in [0.15, 0.2) is 0 Å². The molecule has 0 aliphatic heterocycles. The molecule has 0 aliphatic carbocycles. The van der Waals surface area contributed by atoms with Gasteiger partial charge in [-0.15, -0.1) is 0 Å². The number of hydrogen-bond acceptors (Lipinski definition) is 3. The number of benzene rings is 1. The highest BCUT2D eigenvalue weighted by molar-refractivity contribution is 5.73. The lowest BCUT2D eigenvalue weighted by molar-refractivity contribution is -0.285. The molecule has 0 saturated carbocycles. The highest BCUT2D eigenvalue weighted by Crippen LogP contribution is 2.04. The highest BCUT2D eigenvalue weighted by Gasteiger charge is 2.06. The Morgan fingerprint density at radius 1 is 1.21 bits per heavy atom. The van der Waals surface area contributed by atoms with Crippen LogP contribution in [0.25, 0.3) is 0 Å². The fourth-order valence-corrected chi connectivity index (χ4v) is 1.19. The maximum Gasteiger partial charge on any atom is 0.273 e. The molecule has 4 heteroatoms. The van der Waals surface area contributed by atoms with Crippen molar-refractivity contribution >= 4 is 5.91 Å². The molecule has 4 nitrogen and oxygen atoms in total. The van der Waals surface area contributed by atoms with E-state index in [4.69, 9.17) is 10.4 Å². The number of carbonyl (C=O) groups is 1. The minimum atomic E-state index is -0.680. The summed E-state index contributed by atoms with van der Waals surface area (Å²) in [7, 11) is 0. The van der Waals surface area contributed by atoms with Crippen LogP contribution in [0.4, 0.5) is 0 Å². The monoisotopic (exact) mass is 195 g/mol. The second-order valence-corrected chi connectivity index (χ2v) is 3.02. The van der Waals surface area contributed by atoms with Crippen molar-refractivity contribution in [1.82, 2.24) is 5.23 Å². The van der Waals surface area contributed by atoms with E-state index in [0.717, 1.165) is 12.0 Å². The van der Waals surface area contributed by atoms with Gasteiger partial charge in [-0.05, 0) is 18.4 Å². The molecule has 0 atom stereocenters. The van der Waals surface area contributed by atoms with Crippen molar-refractivity contribution in [2.75, 3.05) is 0 Å². The fraction of sp³-hybridized carbons (Fsp3) is 0.300. The van der Waals surface area contributed by atoms with E-state index in [1.54, 1.807) is 0 Å². The zero-order valence-corrected chi connectivity index (χ0v) is 7.76. The van der Waals surface area contributed by atoms with E-state index in [1.165, 1.54) is 0 Å². The van der Waals surface area contributed by atoms with Crippen LogP contribution in [0.15, 0.2) is 30.3 Å². The van der Waals surface area contributed by atoms with E-state index in [1.807, 2.05) is 30.3 Å². The van der Waals surface area contributed by atoms with Crippen LogP contribution in [0, 0.1) is 0 Å². The predicted molar refractivity (Wildman–Crippen MR) is 49.8 cm³/mol. The number of hydrogen-bond donors (Lipinski definition) is 2. The summed E-state index contributed by atoms with van der Waals surface area (Å²) in [6.45, 7) is 0. The topological polar surface area (TPSA) is 60.8 Å². The Hall–Kier alpha value is -1.39. The smallest absolute Gasteiger partial charge is 0.270 e. The van der Waals surface area contributed by atoms with Crippen molar-refractivity contribution in [3.8, 4) is 0 Å². The van der Waals surface area contributed by atoms with Gasteiger partial charge >= 0.3 is 0 Å². The van der Waals surface area contributed by atoms with Gasteiger partial charge in [0.2, 0.25) is 0 Å². The molecule has 1 aromatic carbocycles. The van der Waals surface area contributed by atoms with E-state index in [-0.39, 0.29) is 11.6 Å². The van der Waals surface area contributed by atoms with Crippen LogP contribution in [-0.4, -0.2) is 21.5 Å². The van der Waals surface area contributed by atoms with Gasteiger partial charge < -0.3 is 0 Å². The number of aryl methyl sites for hydroxylation is 1. The number of rotatable bonds is 4. The van der Waals surface area contributed by atoms with Crippen molar-refractivity contribution < 1.29 is 15.2 Å². The lowest BCUT2D eigenvalue weighted by Gasteiger charge is -2.05. The predicted octanol–water partition coefficient (Wildman–Crippen LogP) is 1.62. The third kappa shape index (κ3) is 3.55. The standard InChI is InChI=1S/C10H13NO3/c12-10(11(13)14)8-4-7-9-5-2-1-3-6-9/h1-3,5-6,13-14H,4,7-8H2. The van der Waals surface area contributed by atoms with Crippen LogP contribution < -0.4 is 0 Å². The molecule has 1 rings (SSSR count). The molecule has 14 heavy (non-hydrogen) atoms. The number of carbonyl (C=O) groups excluding carboxylic acids is 1. The van der Waals surface area contributed by atoms with E-state index in [9.17, 15) is 4.79 Å². The van der Waals surface area contributed by atoms with Gasteiger partial charge in [0, 0.05) is 6.42 Å². The summed E-state index contributed by atoms with van der Waals surface area (Å²) < 4.78 is 0. The second-order valence-electron chi connectivity index (χ2n) is 3.02. The molecule has 0 aliphatic rings. The van der Waals surface area contributed by atoms with Crippen molar-refractivity contribution in [3.05, 3.63) is 35.9 Å². The van der Waals surface area contributed by atoms with Crippen molar-refractivity contribution in [2.24, 2.45) is 0 Å².